The SMILES string of the molecule is CC1CCC(N(C)Cc2cc(F)cc(/C(N)=N/O)c2)CC1. The average molecular weight is 293 g/mol. The van der Waals surface area contributed by atoms with Crippen LogP contribution >= 0.6 is 0 Å². The van der Waals surface area contributed by atoms with Gasteiger partial charge in [0.05, 0.1) is 0 Å². The van der Waals surface area contributed by atoms with E-state index < -0.39 is 0 Å². The van der Waals surface area contributed by atoms with Crippen molar-refractivity contribution in [3.05, 3.63) is 35.1 Å². The Morgan fingerprint density at radius 2 is 2.00 bits per heavy atom. The molecule has 0 atom stereocenters. The molecule has 1 aromatic carbocycles. The van der Waals surface area contributed by atoms with E-state index >= 15 is 0 Å². The minimum absolute atomic E-state index is 0.0649. The molecule has 2 rings (SSSR count). The highest BCUT2D eigenvalue weighted by Gasteiger charge is 2.21. The first kappa shape index (κ1) is 15.8. The van der Waals surface area contributed by atoms with Crippen LogP contribution in [0.2, 0.25) is 0 Å². The normalized spacial score (nSPS) is 23.5. The second kappa shape index (κ2) is 6.89. The summed E-state index contributed by atoms with van der Waals surface area (Å²) in [6.45, 7) is 2.97. The summed E-state index contributed by atoms with van der Waals surface area (Å²) in [6, 6.07) is 5.12. The van der Waals surface area contributed by atoms with Crippen molar-refractivity contribution >= 4 is 5.84 Å². The van der Waals surface area contributed by atoms with Gasteiger partial charge in [-0.25, -0.2) is 4.39 Å². The molecule has 0 saturated heterocycles. The maximum Gasteiger partial charge on any atom is 0.170 e. The Morgan fingerprint density at radius 3 is 2.62 bits per heavy atom. The fourth-order valence-electron chi connectivity index (χ4n) is 3.05. The molecule has 0 unspecified atom stereocenters. The summed E-state index contributed by atoms with van der Waals surface area (Å²) in [7, 11) is 2.08. The first-order chi connectivity index (χ1) is 9.99. The third kappa shape index (κ3) is 4.17. The van der Waals surface area contributed by atoms with Crippen LogP contribution in [0.3, 0.4) is 0 Å². The third-order valence-corrected chi connectivity index (χ3v) is 4.40. The average Bonchev–Trinajstić information content (AvgIpc) is 2.46. The van der Waals surface area contributed by atoms with Crippen molar-refractivity contribution in [3.8, 4) is 0 Å². The van der Waals surface area contributed by atoms with Crippen LogP contribution in [0.4, 0.5) is 4.39 Å². The molecule has 21 heavy (non-hydrogen) atoms. The standard InChI is InChI=1S/C16H24FN3O/c1-11-3-5-15(6-4-11)20(2)10-12-7-13(16(18)19-21)9-14(17)8-12/h7-9,11,15,21H,3-6,10H2,1-2H3,(H2,18,19). The first-order valence-electron chi connectivity index (χ1n) is 7.47. The van der Waals surface area contributed by atoms with Crippen molar-refractivity contribution in [2.45, 2.75) is 45.2 Å². The zero-order valence-corrected chi connectivity index (χ0v) is 12.7. The Kier molecular flexibility index (Phi) is 5.17. The van der Waals surface area contributed by atoms with Crippen molar-refractivity contribution < 1.29 is 9.60 Å². The zero-order chi connectivity index (χ0) is 15.4. The topological polar surface area (TPSA) is 61.8 Å². The molecule has 1 aliphatic carbocycles. The van der Waals surface area contributed by atoms with Crippen LogP contribution in [0.1, 0.15) is 43.7 Å². The molecule has 3 N–H and O–H groups in total. The summed E-state index contributed by atoms with van der Waals surface area (Å²) >= 11 is 0. The predicted octanol–water partition coefficient (Wildman–Crippen LogP) is 2.93. The van der Waals surface area contributed by atoms with E-state index in [-0.39, 0.29) is 11.7 Å². The summed E-state index contributed by atoms with van der Waals surface area (Å²) in [6.07, 6.45) is 4.90. The molecule has 0 aromatic heterocycles. The van der Waals surface area contributed by atoms with Crippen LogP contribution in [-0.4, -0.2) is 29.0 Å². The Hall–Kier alpha value is -1.62. The third-order valence-electron chi connectivity index (χ3n) is 4.40. The quantitative estimate of drug-likeness (QED) is 0.388. The molecule has 1 aliphatic rings. The lowest BCUT2D eigenvalue weighted by Crippen LogP contribution is -2.34. The molecular formula is C16H24FN3O. The Balaban J connectivity index is 2.06. The molecule has 116 valence electrons. The van der Waals surface area contributed by atoms with Gasteiger partial charge in [0.2, 0.25) is 0 Å². The van der Waals surface area contributed by atoms with Crippen molar-refractivity contribution in [3.63, 3.8) is 0 Å². The molecule has 0 heterocycles. The molecular weight excluding hydrogens is 269 g/mol. The molecule has 0 bridgehead atoms. The highest BCUT2D eigenvalue weighted by molar-refractivity contribution is 5.97. The van der Waals surface area contributed by atoms with Crippen molar-refractivity contribution in [2.75, 3.05) is 7.05 Å². The fourth-order valence-corrected chi connectivity index (χ4v) is 3.05. The summed E-state index contributed by atoms with van der Waals surface area (Å²) in [4.78, 5) is 2.27. The molecule has 0 aliphatic heterocycles. The van der Waals surface area contributed by atoms with E-state index in [4.69, 9.17) is 10.9 Å². The van der Waals surface area contributed by atoms with E-state index in [1.165, 1.54) is 37.8 Å². The maximum absolute atomic E-state index is 13.7. The van der Waals surface area contributed by atoms with Crippen LogP contribution in [0, 0.1) is 11.7 Å². The summed E-state index contributed by atoms with van der Waals surface area (Å²) < 4.78 is 13.7. The minimum Gasteiger partial charge on any atom is -0.409 e. The van der Waals surface area contributed by atoms with Gasteiger partial charge >= 0.3 is 0 Å². The van der Waals surface area contributed by atoms with Crippen molar-refractivity contribution in [1.29, 1.82) is 0 Å². The van der Waals surface area contributed by atoms with Crippen LogP contribution in [0.15, 0.2) is 23.4 Å². The monoisotopic (exact) mass is 293 g/mol. The van der Waals surface area contributed by atoms with E-state index in [1.807, 2.05) is 0 Å². The zero-order valence-electron chi connectivity index (χ0n) is 12.7. The van der Waals surface area contributed by atoms with Crippen LogP contribution < -0.4 is 5.73 Å². The van der Waals surface area contributed by atoms with Gasteiger partial charge in [-0.2, -0.15) is 0 Å². The largest absolute Gasteiger partial charge is 0.409 e. The molecule has 1 aromatic rings. The van der Waals surface area contributed by atoms with E-state index in [0.29, 0.717) is 18.2 Å². The highest BCUT2D eigenvalue weighted by atomic mass is 19.1. The number of benzene rings is 1. The lowest BCUT2D eigenvalue weighted by molar-refractivity contribution is 0.164. The van der Waals surface area contributed by atoms with E-state index in [0.717, 1.165) is 11.5 Å². The number of oxime groups is 1. The highest BCUT2D eigenvalue weighted by Crippen LogP contribution is 2.27. The second-order valence-corrected chi connectivity index (χ2v) is 6.16. The van der Waals surface area contributed by atoms with Crippen LogP contribution in [-0.2, 0) is 6.54 Å². The van der Waals surface area contributed by atoms with E-state index in [2.05, 4.69) is 24.0 Å². The van der Waals surface area contributed by atoms with Gasteiger partial charge in [-0.1, -0.05) is 12.1 Å². The number of rotatable bonds is 4. The van der Waals surface area contributed by atoms with Gasteiger partial charge < -0.3 is 10.9 Å². The number of nitrogens with two attached hydrogens (primary N) is 1. The van der Waals surface area contributed by atoms with E-state index in [1.54, 1.807) is 6.07 Å². The van der Waals surface area contributed by atoms with Gasteiger partial charge in [0, 0.05) is 18.2 Å². The van der Waals surface area contributed by atoms with Crippen LogP contribution in [0.25, 0.3) is 0 Å². The van der Waals surface area contributed by atoms with Gasteiger partial charge in [-0.05, 0) is 62.4 Å². The Bertz CT molecular complexity index is 510. The Morgan fingerprint density at radius 1 is 1.33 bits per heavy atom. The molecule has 0 radical (unpaired) electrons. The summed E-state index contributed by atoms with van der Waals surface area (Å²) in [5.74, 6) is 0.389. The smallest absolute Gasteiger partial charge is 0.170 e. The number of amidine groups is 1. The lowest BCUT2D eigenvalue weighted by Gasteiger charge is -2.33. The molecule has 0 spiro atoms. The number of hydrogen-bond donors (Lipinski definition) is 2. The van der Waals surface area contributed by atoms with Gasteiger partial charge in [-0.3, -0.25) is 4.90 Å². The molecule has 0 amide bonds. The van der Waals surface area contributed by atoms with Gasteiger partial charge in [0.15, 0.2) is 5.84 Å². The van der Waals surface area contributed by atoms with E-state index in [9.17, 15) is 4.39 Å². The maximum atomic E-state index is 13.7. The van der Waals surface area contributed by atoms with Crippen LogP contribution in [0.5, 0.6) is 0 Å². The number of hydrogen-bond acceptors (Lipinski definition) is 3. The number of halogens is 1. The lowest BCUT2D eigenvalue weighted by atomic mass is 9.86. The first-order valence-corrected chi connectivity index (χ1v) is 7.47. The predicted molar refractivity (Wildman–Crippen MR) is 81.8 cm³/mol. The van der Waals surface area contributed by atoms with Gasteiger partial charge in [0.25, 0.3) is 0 Å². The molecule has 1 saturated carbocycles. The summed E-state index contributed by atoms with van der Waals surface area (Å²) in [5, 5.41) is 11.6. The van der Waals surface area contributed by atoms with Gasteiger partial charge in [-0.15, -0.1) is 0 Å². The fraction of sp³-hybridized carbons (Fsp3) is 0.562. The summed E-state index contributed by atoms with van der Waals surface area (Å²) in [5.41, 5.74) is 6.80. The number of nitrogens with zero attached hydrogens (tertiary/aromatic N) is 2. The van der Waals surface area contributed by atoms with Gasteiger partial charge in [0.1, 0.15) is 5.82 Å². The molecule has 1 fully saturated rings. The Labute approximate surface area is 125 Å². The van der Waals surface area contributed by atoms with Crippen molar-refractivity contribution in [1.82, 2.24) is 4.90 Å². The molecule has 4 nitrogen and oxygen atoms in total. The van der Waals surface area contributed by atoms with Crippen molar-refractivity contribution in [2.24, 2.45) is 16.8 Å². The minimum atomic E-state index is -0.361. The molecule has 5 heteroatoms. The second-order valence-electron chi connectivity index (χ2n) is 6.16.